The first-order valence-electron chi connectivity index (χ1n) is 10.2. The smallest absolute Gasteiger partial charge is 0.407 e. The lowest BCUT2D eigenvalue weighted by Crippen LogP contribution is -2.44. The fourth-order valence-electron chi connectivity index (χ4n) is 3.99. The number of rotatable bonds is 8. The number of amides is 2. The molecular formula is C23H24N2O6. The van der Waals surface area contributed by atoms with E-state index in [9.17, 15) is 19.5 Å². The van der Waals surface area contributed by atoms with Crippen molar-refractivity contribution in [3.63, 3.8) is 0 Å². The van der Waals surface area contributed by atoms with E-state index in [0.29, 0.717) is 12.8 Å². The predicted octanol–water partition coefficient (Wildman–Crippen LogP) is 1.87. The Kier molecular flexibility index (Phi) is 5.65. The van der Waals surface area contributed by atoms with Crippen LogP contribution in [0.1, 0.15) is 29.9 Å². The number of hydrogen-bond acceptors (Lipinski definition) is 5. The van der Waals surface area contributed by atoms with Gasteiger partial charge in [-0.3, -0.25) is 4.79 Å². The Morgan fingerprint density at radius 3 is 2.13 bits per heavy atom. The van der Waals surface area contributed by atoms with E-state index < -0.39 is 23.6 Å². The molecule has 2 amide bonds. The van der Waals surface area contributed by atoms with Gasteiger partial charge in [0.2, 0.25) is 5.91 Å². The number of hydrogen-bond donors (Lipinski definition) is 4. The molecule has 8 heteroatoms. The molecule has 0 radical (unpaired) electrons. The lowest BCUT2D eigenvalue weighted by Gasteiger charge is -2.18. The molecule has 4 rings (SSSR count). The molecule has 0 saturated heterocycles. The minimum absolute atomic E-state index is 0.0474. The van der Waals surface area contributed by atoms with Gasteiger partial charge in [-0.1, -0.05) is 48.5 Å². The van der Waals surface area contributed by atoms with Crippen molar-refractivity contribution in [1.29, 1.82) is 0 Å². The standard InChI is InChI=1S/C23H24N2O6/c26-19(20(27)28)11-24-21(29)23(9-10-23)13-25-22(30)31-12-18-16-7-3-1-5-14(16)15-6-2-4-8-17(15)18/h1-8,18-19,26H,9-13H2,(H,24,29)(H,25,30)(H,27,28)/t19-/m0/s1. The van der Waals surface area contributed by atoms with Gasteiger partial charge in [0.05, 0.1) is 12.0 Å². The van der Waals surface area contributed by atoms with Crippen LogP contribution in [-0.4, -0.2) is 54.0 Å². The Morgan fingerprint density at radius 1 is 1.00 bits per heavy atom. The quantitative estimate of drug-likeness (QED) is 0.513. The molecule has 162 valence electrons. The molecule has 2 aromatic carbocycles. The van der Waals surface area contributed by atoms with E-state index in [1.54, 1.807) is 0 Å². The lowest BCUT2D eigenvalue weighted by atomic mass is 9.98. The van der Waals surface area contributed by atoms with Gasteiger partial charge in [0.15, 0.2) is 6.10 Å². The highest BCUT2D eigenvalue weighted by atomic mass is 16.5. The molecule has 0 unspecified atom stereocenters. The number of aliphatic carboxylic acids is 1. The number of alkyl carbamates (subject to hydrolysis) is 1. The summed E-state index contributed by atoms with van der Waals surface area (Å²) in [5.74, 6) is -1.83. The van der Waals surface area contributed by atoms with Crippen LogP contribution in [0.25, 0.3) is 11.1 Å². The van der Waals surface area contributed by atoms with Crippen LogP contribution in [0.15, 0.2) is 48.5 Å². The van der Waals surface area contributed by atoms with Crippen molar-refractivity contribution in [2.75, 3.05) is 19.7 Å². The highest BCUT2D eigenvalue weighted by Crippen LogP contribution is 2.46. The van der Waals surface area contributed by atoms with Crippen LogP contribution in [0.3, 0.4) is 0 Å². The molecule has 0 aromatic heterocycles. The average Bonchev–Trinajstić information content (AvgIpc) is 3.51. The highest BCUT2D eigenvalue weighted by Gasteiger charge is 2.50. The van der Waals surface area contributed by atoms with E-state index in [-0.39, 0.29) is 31.5 Å². The van der Waals surface area contributed by atoms with E-state index in [1.165, 1.54) is 0 Å². The molecule has 2 aliphatic carbocycles. The topological polar surface area (TPSA) is 125 Å². The third-order valence-corrected chi connectivity index (χ3v) is 5.99. The van der Waals surface area contributed by atoms with E-state index in [2.05, 4.69) is 22.8 Å². The van der Waals surface area contributed by atoms with Gasteiger partial charge in [-0.2, -0.15) is 0 Å². The molecule has 2 aliphatic rings. The fourth-order valence-corrected chi connectivity index (χ4v) is 3.99. The monoisotopic (exact) mass is 424 g/mol. The van der Waals surface area contributed by atoms with Crippen LogP contribution in [0.5, 0.6) is 0 Å². The minimum Gasteiger partial charge on any atom is -0.479 e. The SMILES string of the molecule is O=C(NCC1(C(=O)NC[C@H](O)C(=O)O)CC1)OCC1c2ccccc2-c2ccccc21. The first kappa shape index (κ1) is 20.9. The lowest BCUT2D eigenvalue weighted by molar-refractivity contribution is -0.146. The number of aliphatic hydroxyl groups is 1. The number of carbonyl (C=O) groups is 3. The number of fused-ring (bicyclic) bond motifs is 3. The second-order valence-electron chi connectivity index (χ2n) is 8.02. The van der Waals surface area contributed by atoms with Crippen LogP contribution in [-0.2, 0) is 14.3 Å². The summed E-state index contributed by atoms with van der Waals surface area (Å²) in [6.07, 6.45) is -1.11. The highest BCUT2D eigenvalue weighted by molar-refractivity contribution is 5.86. The largest absolute Gasteiger partial charge is 0.479 e. The molecule has 1 fully saturated rings. The van der Waals surface area contributed by atoms with Crippen molar-refractivity contribution >= 4 is 18.0 Å². The summed E-state index contributed by atoms with van der Waals surface area (Å²) in [6.45, 7) is -0.0939. The van der Waals surface area contributed by atoms with Gasteiger partial charge in [0, 0.05) is 12.5 Å². The van der Waals surface area contributed by atoms with Crippen molar-refractivity contribution in [2.45, 2.75) is 24.9 Å². The summed E-state index contributed by atoms with van der Waals surface area (Å²) in [4.78, 5) is 35.2. The first-order valence-corrected chi connectivity index (χ1v) is 10.2. The Balaban J connectivity index is 1.30. The zero-order chi connectivity index (χ0) is 22.0. The first-order chi connectivity index (χ1) is 14.9. The van der Waals surface area contributed by atoms with E-state index >= 15 is 0 Å². The van der Waals surface area contributed by atoms with Gasteiger partial charge in [0.25, 0.3) is 0 Å². The predicted molar refractivity (Wildman–Crippen MR) is 111 cm³/mol. The molecule has 2 aromatic rings. The summed E-state index contributed by atoms with van der Waals surface area (Å²) in [5.41, 5.74) is 3.75. The molecule has 31 heavy (non-hydrogen) atoms. The van der Waals surface area contributed by atoms with Crippen LogP contribution < -0.4 is 10.6 Å². The molecule has 0 heterocycles. The fraction of sp³-hybridized carbons (Fsp3) is 0.348. The zero-order valence-electron chi connectivity index (χ0n) is 16.8. The minimum atomic E-state index is -1.66. The van der Waals surface area contributed by atoms with Crippen molar-refractivity contribution < 1.29 is 29.3 Å². The normalized spacial score (nSPS) is 16.5. The van der Waals surface area contributed by atoms with E-state index in [1.807, 2.05) is 36.4 Å². The van der Waals surface area contributed by atoms with Crippen molar-refractivity contribution in [3.05, 3.63) is 59.7 Å². The summed E-state index contributed by atoms with van der Waals surface area (Å²) in [7, 11) is 0. The maximum atomic E-state index is 12.3. The Bertz CT molecular complexity index is 971. The Morgan fingerprint density at radius 2 is 1.58 bits per heavy atom. The summed E-state index contributed by atoms with van der Waals surface area (Å²) < 4.78 is 5.47. The number of carboxylic acids is 1. The van der Waals surface area contributed by atoms with Crippen LogP contribution in [0.2, 0.25) is 0 Å². The maximum absolute atomic E-state index is 12.3. The van der Waals surface area contributed by atoms with Crippen LogP contribution in [0.4, 0.5) is 4.79 Å². The zero-order valence-corrected chi connectivity index (χ0v) is 16.8. The molecule has 8 nitrogen and oxygen atoms in total. The molecule has 0 aliphatic heterocycles. The number of carboxylic acid groups (broad SMARTS) is 1. The maximum Gasteiger partial charge on any atom is 0.407 e. The van der Waals surface area contributed by atoms with Gasteiger partial charge >= 0.3 is 12.1 Å². The van der Waals surface area contributed by atoms with E-state index in [0.717, 1.165) is 22.3 Å². The third-order valence-electron chi connectivity index (χ3n) is 5.99. The summed E-state index contributed by atoms with van der Waals surface area (Å²) >= 11 is 0. The molecular weight excluding hydrogens is 400 g/mol. The van der Waals surface area contributed by atoms with Gasteiger partial charge < -0.3 is 25.6 Å². The number of carbonyl (C=O) groups excluding carboxylic acids is 2. The van der Waals surface area contributed by atoms with Crippen molar-refractivity contribution in [1.82, 2.24) is 10.6 Å². The second kappa shape index (κ2) is 8.39. The number of nitrogens with one attached hydrogen (secondary N) is 2. The Labute approximate surface area is 179 Å². The van der Waals surface area contributed by atoms with Gasteiger partial charge in [-0.05, 0) is 35.1 Å². The van der Waals surface area contributed by atoms with Gasteiger partial charge in [-0.15, -0.1) is 0 Å². The molecule has 0 spiro atoms. The molecule has 1 atom stereocenters. The number of ether oxygens (including phenoxy) is 1. The van der Waals surface area contributed by atoms with Gasteiger partial charge in [-0.25, -0.2) is 9.59 Å². The Hall–Kier alpha value is -3.39. The molecule has 4 N–H and O–H groups in total. The summed E-state index contributed by atoms with van der Waals surface area (Å²) in [5, 5.41) is 23.0. The van der Waals surface area contributed by atoms with E-state index in [4.69, 9.17) is 9.84 Å². The van der Waals surface area contributed by atoms with Crippen molar-refractivity contribution in [3.8, 4) is 11.1 Å². The number of aliphatic hydroxyl groups excluding tert-OH is 1. The van der Waals surface area contributed by atoms with Gasteiger partial charge in [0.1, 0.15) is 6.61 Å². The summed E-state index contributed by atoms with van der Waals surface area (Å²) in [6, 6.07) is 16.1. The average molecular weight is 424 g/mol. The molecule has 0 bridgehead atoms. The van der Waals surface area contributed by atoms with Crippen molar-refractivity contribution in [2.24, 2.45) is 5.41 Å². The van der Waals surface area contributed by atoms with Crippen LogP contribution in [0, 0.1) is 5.41 Å². The number of benzene rings is 2. The third kappa shape index (κ3) is 4.25. The second-order valence-corrected chi connectivity index (χ2v) is 8.02. The molecule has 1 saturated carbocycles. The van der Waals surface area contributed by atoms with Crippen LogP contribution >= 0.6 is 0 Å².